The summed E-state index contributed by atoms with van der Waals surface area (Å²) in [6.45, 7) is 4.21. The number of methoxy groups -OCH3 is 2. The van der Waals surface area contributed by atoms with Crippen molar-refractivity contribution in [3.63, 3.8) is 0 Å². The molecule has 0 bridgehead atoms. The molecule has 0 aliphatic carbocycles. The van der Waals surface area contributed by atoms with Crippen LogP contribution in [0, 0.1) is 0 Å². The van der Waals surface area contributed by atoms with Crippen LogP contribution in [0.5, 0.6) is 5.75 Å². The van der Waals surface area contributed by atoms with E-state index in [9.17, 15) is 4.79 Å². The number of hydrogen-bond donors (Lipinski definition) is 1. The van der Waals surface area contributed by atoms with Crippen molar-refractivity contribution in [3.8, 4) is 5.75 Å². The van der Waals surface area contributed by atoms with Gasteiger partial charge in [0, 0.05) is 33.3 Å². The predicted molar refractivity (Wildman–Crippen MR) is 110 cm³/mol. The lowest BCUT2D eigenvalue weighted by molar-refractivity contribution is 0.0564. The van der Waals surface area contributed by atoms with Gasteiger partial charge < -0.3 is 24.0 Å². The molecule has 4 rings (SSSR count). The van der Waals surface area contributed by atoms with Crippen LogP contribution >= 0.6 is 11.3 Å². The number of piperidine rings is 1. The standard InChI is InChI=1S/C19H26N4O4S/c1-25-13-5-7-22(8-6-13)14-3-4-15(26-2)16-17(14)28-18(20-16)21-19(24)23-9-11-27-12-10-23/h3-4,13H,5-12H2,1-2H3,(H,20,21,24). The average molecular weight is 407 g/mol. The van der Waals surface area contributed by atoms with E-state index in [4.69, 9.17) is 14.2 Å². The minimum Gasteiger partial charge on any atom is -0.494 e. The van der Waals surface area contributed by atoms with Crippen LogP contribution in [-0.2, 0) is 9.47 Å². The van der Waals surface area contributed by atoms with Crippen molar-refractivity contribution < 1.29 is 19.0 Å². The van der Waals surface area contributed by atoms with Gasteiger partial charge in [0.2, 0.25) is 0 Å². The summed E-state index contributed by atoms with van der Waals surface area (Å²) in [6.07, 6.45) is 2.34. The normalized spacial score (nSPS) is 18.5. The minimum atomic E-state index is -0.135. The topological polar surface area (TPSA) is 76.2 Å². The molecule has 0 saturated carbocycles. The number of aromatic nitrogens is 1. The summed E-state index contributed by atoms with van der Waals surface area (Å²) in [5.41, 5.74) is 1.92. The van der Waals surface area contributed by atoms with E-state index in [2.05, 4.69) is 21.3 Å². The van der Waals surface area contributed by atoms with E-state index in [1.54, 1.807) is 19.1 Å². The van der Waals surface area contributed by atoms with Gasteiger partial charge in [0.05, 0.1) is 36.8 Å². The maximum absolute atomic E-state index is 12.5. The lowest BCUT2D eigenvalue weighted by Gasteiger charge is -2.33. The number of rotatable bonds is 4. The minimum absolute atomic E-state index is 0.135. The van der Waals surface area contributed by atoms with Gasteiger partial charge in [-0.15, -0.1) is 0 Å². The number of urea groups is 1. The molecule has 0 atom stereocenters. The highest BCUT2D eigenvalue weighted by Gasteiger charge is 2.24. The molecular weight excluding hydrogens is 380 g/mol. The van der Waals surface area contributed by atoms with Crippen molar-refractivity contribution in [2.45, 2.75) is 18.9 Å². The lowest BCUT2D eigenvalue weighted by atomic mass is 10.1. The number of carbonyl (C=O) groups is 1. The molecule has 28 heavy (non-hydrogen) atoms. The van der Waals surface area contributed by atoms with Crippen molar-refractivity contribution in [3.05, 3.63) is 12.1 Å². The number of thiazole rings is 1. The van der Waals surface area contributed by atoms with Crippen molar-refractivity contribution in [1.82, 2.24) is 9.88 Å². The van der Waals surface area contributed by atoms with Gasteiger partial charge in [-0.2, -0.15) is 0 Å². The van der Waals surface area contributed by atoms with Gasteiger partial charge in [0.1, 0.15) is 11.3 Å². The molecule has 2 fully saturated rings. The zero-order valence-corrected chi connectivity index (χ0v) is 17.1. The molecule has 8 nitrogen and oxygen atoms in total. The third-order valence-electron chi connectivity index (χ3n) is 5.33. The zero-order valence-electron chi connectivity index (χ0n) is 16.3. The summed E-state index contributed by atoms with van der Waals surface area (Å²) in [7, 11) is 3.42. The molecule has 1 aromatic heterocycles. The fraction of sp³-hybridized carbons (Fsp3) is 0.579. The first kappa shape index (κ1) is 19.2. The Labute approximate surface area is 168 Å². The van der Waals surface area contributed by atoms with Crippen LogP contribution in [0.1, 0.15) is 12.8 Å². The molecule has 2 aliphatic heterocycles. The van der Waals surface area contributed by atoms with Crippen molar-refractivity contribution >= 4 is 38.4 Å². The average Bonchev–Trinajstić information content (AvgIpc) is 3.17. The summed E-state index contributed by atoms with van der Waals surface area (Å²) in [5.74, 6) is 0.716. The second kappa shape index (κ2) is 8.50. The van der Waals surface area contributed by atoms with Gasteiger partial charge >= 0.3 is 6.03 Å². The fourth-order valence-corrected chi connectivity index (χ4v) is 4.72. The van der Waals surface area contributed by atoms with E-state index in [1.165, 1.54) is 11.3 Å². The van der Waals surface area contributed by atoms with Gasteiger partial charge in [0.15, 0.2) is 5.13 Å². The highest BCUT2D eigenvalue weighted by Crippen LogP contribution is 2.40. The van der Waals surface area contributed by atoms with Gasteiger partial charge in [-0.3, -0.25) is 5.32 Å². The monoisotopic (exact) mass is 406 g/mol. The molecule has 9 heteroatoms. The molecule has 152 valence electrons. The van der Waals surface area contributed by atoms with E-state index >= 15 is 0 Å². The Morgan fingerprint density at radius 3 is 2.64 bits per heavy atom. The summed E-state index contributed by atoms with van der Waals surface area (Å²) in [5, 5.41) is 3.53. The number of fused-ring (bicyclic) bond motifs is 1. The number of benzene rings is 1. The number of hydrogen-bond acceptors (Lipinski definition) is 7. The lowest BCUT2D eigenvalue weighted by Crippen LogP contribution is -2.43. The molecule has 0 unspecified atom stereocenters. The SMILES string of the molecule is COc1ccc(N2CCC(OC)CC2)c2sc(NC(=O)N3CCOCC3)nc12. The van der Waals surface area contributed by atoms with Crippen LogP contribution in [0.2, 0.25) is 0 Å². The quantitative estimate of drug-likeness (QED) is 0.842. The van der Waals surface area contributed by atoms with Crippen molar-refractivity contribution in [2.75, 3.05) is 63.8 Å². The van der Waals surface area contributed by atoms with Crippen LogP contribution in [0.4, 0.5) is 15.6 Å². The predicted octanol–water partition coefficient (Wildman–Crippen LogP) is 2.78. The van der Waals surface area contributed by atoms with Crippen LogP contribution in [0.15, 0.2) is 12.1 Å². The summed E-state index contributed by atoms with van der Waals surface area (Å²) in [6, 6.07) is 3.90. The Balaban J connectivity index is 1.58. The number of amides is 2. The molecule has 3 heterocycles. The first-order valence-corrected chi connectivity index (χ1v) is 10.4. The molecular formula is C19H26N4O4S. The highest BCUT2D eigenvalue weighted by molar-refractivity contribution is 7.23. The number of nitrogens with zero attached hydrogens (tertiary/aromatic N) is 3. The van der Waals surface area contributed by atoms with E-state index in [-0.39, 0.29) is 6.03 Å². The Morgan fingerprint density at radius 1 is 1.21 bits per heavy atom. The highest BCUT2D eigenvalue weighted by atomic mass is 32.1. The zero-order chi connectivity index (χ0) is 19.5. The summed E-state index contributed by atoms with van der Waals surface area (Å²) in [4.78, 5) is 21.3. The second-order valence-corrected chi connectivity index (χ2v) is 7.93. The molecule has 2 amide bonds. The molecule has 2 saturated heterocycles. The number of anilines is 2. The fourth-order valence-electron chi connectivity index (χ4n) is 3.71. The molecule has 1 aromatic carbocycles. The smallest absolute Gasteiger partial charge is 0.323 e. The maximum Gasteiger partial charge on any atom is 0.323 e. The van der Waals surface area contributed by atoms with Crippen LogP contribution in [0.3, 0.4) is 0 Å². The van der Waals surface area contributed by atoms with Gasteiger partial charge in [-0.1, -0.05) is 11.3 Å². The van der Waals surface area contributed by atoms with E-state index < -0.39 is 0 Å². The molecule has 0 radical (unpaired) electrons. The van der Waals surface area contributed by atoms with E-state index in [1.807, 2.05) is 6.07 Å². The largest absolute Gasteiger partial charge is 0.494 e. The second-order valence-electron chi connectivity index (χ2n) is 6.94. The first-order chi connectivity index (χ1) is 13.7. The van der Waals surface area contributed by atoms with Crippen LogP contribution in [-0.4, -0.2) is 75.6 Å². The first-order valence-electron chi connectivity index (χ1n) is 9.58. The molecule has 0 spiro atoms. The van der Waals surface area contributed by atoms with Crippen LogP contribution in [0.25, 0.3) is 10.2 Å². The van der Waals surface area contributed by atoms with Crippen LogP contribution < -0.4 is 15.0 Å². The third-order valence-corrected chi connectivity index (χ3v) is 6.33. The molecule has 1 N–H and O–H groups in total. The summed E-state index contributed by atoms with van der Waals surface area (Å²) >= 11 is 1.49. The number of morpholine rings is 1. The van der Waals surface area contributed by atoms with E-state index in [0.717, 1.165) is 41.8 Å². The Kier molecular flexibility index (Phi) is 5.84. The Hall–Kier alpha value is -2.10. The molecule has 2 aliphatic rings. The summed E-state index contributed by atoms with van der Waals surface area (Å²) < 4.78 is 17.3. The number of nitrogens with one attached hydrogen (secondary N) is 1. The number of ether oxygens (including phenoxy) is 3. The Bertz CT molecular complexity index is 829. The van der Waals surface area contributed by atoms with E-state index in [0.29, 0.717) is 43.3 Å². The van der Waals surface area contributed by atoms with Gasteiger partial charge in [-0.25, -0.2) is 9.78 Å². The maximum atomic E-state index is 12.5. The Morgan fingerprint density at radius 2 is 1.96 bits per heavy atom. The molecule has 2 aromatic rings. The van der Waals surface area contributed by atoms with Crippen molar-refractivity contribution in [2.24, 2.45) is 0 Å². The number of carbonyl (C=O) groups excluding carboxylic acids is 1. The van der Waals surface area contributed by atoms with Crippen molar-refractivity contribution in [1.29, 1.82) is 0 Å². The van der Waals surface area contributed by atoms with Gasteiger partial charge in [-0.05, 0) is 25.0 Å². The third kappa shape index (κ3) is 3.87. The van der Waals surface area contributed by atoms with Gasteiger partial charge in [0.25, 0.3) is 0 Å².